The molecule has 1 amide bonds. The molecule has 30 heavy (non-hydrogen) atoms. The van der Waals surface area contributed by atoms with Crippen molar-refractivity contribution in [3.05, 3.63) is 59.7 Å². The Labute approximate surface area is 178 Å². The Morgan fingerprint density at radius 2 is 1.83 bits per heavy atom. The number of carbonyl (C=O) groups is 1. The van der Waals surface area contributed by atoms with Gasteiger partial charge in [0.2, 0.25) is 0 Å². The Balaban J connectivity index is 1.50. The average Bonchev–Trinajstić information content (AvgIpc) is 2.80. The summed E-state index contributed by atoms with van der Waals surface area (Å²) in [6, 6.07) is 15.9. The summed E-state index contributed by atoms with van der Waals surface area (Å²) in [5.74, 6) is 0.949. The molecule has 0 saturated carbocycles. The van der Waals surface area contributed by atoms with E-state index in [1.165, 1.54) is 0 Å². The van der Waals surface area contributed by atoms with E-state index in [0.29, 0.717) is 13.2 Å². The van der Waals surface area contributed by atoms with Gasteiger partial charge < -0.3 is 19.7 Å². The summed E-state index contributed by atoms with van der Waals surface area (Å²) in [4.78, 5) is 17.7. The molecular formula is C24H31N3O3. The van der Waals surface area contributed by atoms with Gasteiger partial charge >= 0.3 is 0 Å². The van der Waals surface area contributed by atoms with E-state index < -0.39 is 0 Å². The number of nitrogens with one attached hydrogen (secondary N) is 1. The number of amides is 1. The predicted molar refractivity (Wildman–Crippen MR) is 118 cm³/mol. The molecule has 0 spiro atoms. The van der Waals surface area contributed by atoms with Crippen molar-refractivity contribution in [1.29, 1.82) is 0 Å². The molecule has 2 aromatic carbocycles. The second-order valence-corrected chi connectivity index (χ2v) is 7.82. The van der Waals surface area contributed by atoms with Crippen LogP contribution in [-0.2, 0) is 4.74 Å². The fraction of sp³-hybridized carbons (Fsp3) is 0.458. The molecule has 0 aromatic heterocycles. The van der Waals surface area contributed by atoms with Crippen LogP contribution in [0.15, 0.2) is 48.5 Å². The Bertz CT molecular complexity index is 834. The van der Waals surface area contributed by atoms with Gasteiger partial charge in [-0.15, -0.1) is 0 Å². The van der Waals surface area contributed by atoms with E-state index in [-0.39, 0.29) is 12.1 Å². The van der Waals surface area contributed by atoms with Gasteiger partial charge in [0, 0.05) is 31.9 Å². The molecule has 0 unspecified atom stereocenters. The summed E-state index contributed by atoms with van der Waals surface area (Å²) in [5, 5.41) is 3.58. The van der Waals surface area contributed by atoms with Crippen molar-refractivity contribution in [1.82, 2.24) is 9.80 Å². The molecule has 1 fully saturated rings. The summed E-state index contributed by atoms with van der Waals surface area (Å²) in [6.45, 7) is 8.02. The lowest BCUT2D eigenvalue weighted by molar-refractivity contribution is 0.0348. The first kappa shape index (κ1) is 20.7. The molecule has 0 radical (unpaired) electrons. The van der Waals surface area contributed by atoms with Crippen molar-refractivity contribution in [3.63, 3.8) is 0 Å². The van der Waals surface area contributed by atoms with Crippen LogP contribution in [0.4, 0.5) is 5.69 Å². The fourth-order valence-corrected chi connectivity index (χ4v) is 4.04. The van der Waals surface area contributed by atoms with Crippen molar-refractivity contribution in [2.24, 2.45) is 0 Å². The number of benzene rings is 2. The van der Waals surface area contributed by atoms with Crippen molar-refractivity contribution < 1.29 is 14.3 Å². The smallest absolute Gasteiger partial charge is 0.257 e. The van der Waals surface area contributed by atoms with Crippen LogP contribution in [0, 0.1) is 0 Å². The van der Waals surface area contributed by atoms with E-state index in [0.717, 1.165) is 68.3 Å². The summed E-state index contributed by atoms with van der Waals surface area (Å²) in [5.41, 5.74) is 2.69. The second-order valence-electron chi connectivity index (χ2n) is 7.82. The van der Waals surface area contributed by atoms with Gasteiger partial charge in [-0.2, -0.15) is 0 Å². The molecule has 1 N–H and O–H groups in total. The maximum atomic E-state index is 13.3. The van der Waals surface area contributed by atoms with E-state index in [2.05, 4.69) is 29.3 Å². The lowest BCUT2D eigenvalue weighted by Crippen LogP contribution is -2.44. The number of carbonyl (C=O) groups excluding carboxylic acids is 1. The predicted octanol–water partition coefficient (Wildman–Crippen LogP) is 3.76. The third-order valence-corrected chi connectivity index (χ3v) is 5.67. The first-order chi connectivity index (χ1) is 14.8. The number of fused-ring (bicyclic) bond motifs is 1. The van der Waals surface area contributed by atoms with Crippen LogP contribution in [0.3, 0.4) is 0 Å². The monoisotopic (exact) mass is 409 g/mol. The molecular weight excluding hydrogens is 378 g/mol. The number of para-hydroxylation sites is 1. The average molecular weight is 410 g/mol. The van der Waals surface area contributed by atoms with Crippen LogP contribution in [0.5, 0.6) is 5.75 Å². The lowest BCUT2D eigenvalue weighted by Gasteiger charge is -2.38. The van der Waals surface area contributed by atoms with Crippen molar-refractivity contribution in [2.75, 3.05) is 51.3 Å². The third kappa shape index (κ3) is 4.77. The van der Waals surface area contributed by atoms with Crippen molar-refractivity contribution >= 4 is 11.6 Å². The van der Waals surface area contributed by atoms with E-state index in [1.54, 1.807) is 0 Å². The fourth-order valence-electron chi connectivity index (χ4n) is 4.04. The Morgan fingerprint density at radius 1 is 1.07 bits per heavy atom. The number of morpholine rings is 1. The van der Waals surface area contributed by atoms with Crippen molar-refractivity contribution in [3.8, 4) is 5.75 Å². The maximum Gasteiger partial charge on any atom is 0.257 e. The molecule has 1 saturated heterocycles. The maximum absolute atomic E-state index is 13.3. The number of anilines is 1. The molecule has 2 aromatic rings. The number of hydrogen-bond acceptors (Lipinski definition) is 5. The number of rotatable bonds is 8. The highest BCUT2D eigenvalue weighted by atomic mass is 16.5. The van der Waals surface area contributed by atoms with Crippen molar-refractivity contribution in [2.45, 2.75) is 25.9 Å². The summed E-state index contributed by atoms with van der Waals surface area (Å²) >= 11 is 0. The van der Waals surface area contributed by atoms with E-state index >= 15 is 0 Å². The molecule has 160 valence electrons. The minimum absolute atomic E-state index is 0.0858. The largest absolute Gasteiger partial charge is 0.494 e. The summed E-state index contributed by atoms with van der Waals surface area (Å²) in [7, 11) is 0. The zero-order chi connectivity index (χ0) is 20.8. The van der Waals surface area contributed by atoms with Gasteiger partial charge in [-0.1, -0.05) is 31.2 Å². The normalized spacial score (nSPS) is 19.3. The first-order valence-corrected chi connectivity index (χ1v) is 11.0. The second kappa shape index (κ2) is 9.96. The van der Waals surface area contributed by atoms with Gasteiger partial charge in [0.15, 0.2) is 0 Å². The molecule has 1 atom stereocenters. The molecule has 2 heterocycles. The van der Waals surface area contributed by atoms with Crippen LogP contribution in [-0.4, -0.2) is 61.7 Å². The Hall–Kier alpha value is -2.57. The molecule has 6 nitrogen and oxygen atoms in total. The SMILES string of the molecule is CCCOc1ccc([C@@H]2Nc3ccccc3C(=O)N2CCCN2CCOCC2)cc1. The van der Waals surface area contributed by atoms with Gasteiger partial charge in [0.1, 0.15) is 11.9 Å². The zero-order valence-electron chi connectivity index (χ0n) is 17.7. The molecule has 2 aliphatic rings. The summed E-state index contributed by atoms with van der Waals surface area (Å²) in [6.07, 6.45) is 1.73. The van der Waals surface area contributed by atoms with Crippen LogP contribution < -0.4 is 10.1 Å². The van der Waals surface area contributed by atoms with E-state index in [4.69, 9.17) is 9.47 Å². The van der Waals surface area contributed by atoms with E-state index in [1.807, 2.05) is 41.3 Å². The number of ether oxygens (including phenoxy) is 2. The van der Waals surface area contributed by atoms with Gasteiger partial charge in [-0.3, -0.25) is 9.69 Å². The zero-order valence-corrected chi connectivity index (χ0v) is 17.7. The summed E-state index contributed by atoms with van der Waals surface area (Å²) < 4.78 is 11.2. The quantitative estimate of drug-likeness (QED) is 0.719. The Kier molecular flexibility index (Phi) is 6.87. The number of nitrogens with zero attached hydrogens (tertiary/aromatic N) is 2. The van der Waals surface area contributed by atoms with Crippen LogP contribution in [0.2, 0.25) is 0 Å². The number of hydrogen-bond donors (Lipinski definition) is 1. The van der Waals surface area contributed by atoms with Crippen LogP contribution in [0.1, 0.15) is 41.9 Å². The molecule has 0 aliphatic carbocycles. The Morgan fingerprint density at radius 3 is 2.60 bits per heavy atom. The van der Waals surface area contributed by atoms with Crippen LogP contribution >= 0.6 is 0 Å². The van der Waals surface area contributed by atoms with Gasteiger partial charge in [-0.25, -0.2) is 0 Å². The highest BCUT2D eigenvalue weighted by Gasteiger charge is 2.32. The van der Waals surface area contributed by atoms with Gasteiger partial charge in [0.05, 0.1) is 25.4 Å². The van der Waals surface area contributed by atoms with E-state index in [9.17, 15) is 4.79 Å². The lowest BCUT2D eigenvalue weighted by atomic mass is 10.0. The van der Waals surface area contributed by atoms with Crippen LogP contribution in [0.25, 0.3) is 0 Å². The molecule has 2 aliphatic heterocycles. The highest BCUT2D eigenvalue weighted by molar-refractivity contribution is 6.01. The first-order valence-electron chi connectivity index (χ1n) is 11.0. The highest BCUT2D eigenvalue weighted by Crippen LogP contribution is 2.33. The molecule has 4 rings (SSSR count). The third-order valence-electron chi connectivity index (χ3n) is 5.67. The minimum atomic E-state index is -0.183. The molecule has 6 heteroatoms. The van der Waals surface area contributed by atoms with Gasteiger partial charge in [-0.05, 0) is 42.7 Å². The minimum Gasteiger partial charge on any atom is -0.494 e. The van der Waals surface area contributed by atoms with Gasteiger partial charge in [0.25, 0.3) is 5.91 Å². The standard InChI is InChI=1S/C24H31N3O3/c1-2-16-30-20-10-8-19(9-11-20)23-25-22-7-4-3-6-21(22)24(28)27(23)13-5-12-26-14-17-29-18-15-26/h3-4,6-11,23,25H,2,5,12-18H2,1H3/t23-/m1/s1. The topological polar surface area (TPSA) is 54.0 Å². The molecule has 0 bridgehead atoms.